The third-order valence-electron chi connectivity index (χ3n) is 4.15. The van der Waals surface area contributed by atoms with E-state index in [4.69, 9.17) is 4.74 Å². The lowest BCUT2D eigenvalue weighted by Gasteiger charge is -2.43. The van der Waals surface area contributed by atoms with E-state index in [1.807, 2.05) is 0 Å². The summed E-state index contributed by atoms with van der Waals surface area (Å²) in [5, 5.41) is 3.44. The van der Waals surface area contributed by atoms with Crippen molar-refractivity contribution in [2.24, 2.45) is 5.92 Å². The van der Waals surface area contributed by atoms with Crippen LogP contribution in [0.5, 0.6) is 0 Å². The van der Waals surface area contributed by atoms with Crippen molar-refractivity contribution in [3.63, 3.8) is 0 Å². The number of hydrogen-bond acceptors (Lipinski definition) is 3. The molecule has 0 bridgehead atoms. The van der Waals surface area contributed by atoms with Crippen molar-refractivity contribution in [2.75, 3.05) is 26.2 Å². The standard InChI is InChI=1S/C13H26N2O.ClH/c1-10-8-15(11(2)12(3)16-10)9-13-4-6-14-7-5-13;/h10-14H,4-9H2,1-3H3;1H. The Morgan fingerprint density at radius 2 is 1.82 bits per heavy atom. The molecular weight excluding hydrogens is 236 g/mol. The van der Waals surface area contributed by atoms with Crippen molar-refractivity contribution in [1.29, 1.82) is 0 Å². The normalized spacial score (nSPS) is 36.5. The number of hydrogen-bond donors (Lipinski definition) is 1. The lowest BCUT2D eigenvalue weighted by atomic mass is 9.96. The highest BCUT2D eigenvalue weighted by atomic mass is 35.5. The molecule has 3 atom stereocenters. The van der Waals surface area contributed by atoms with Gasteiger partial charge in [0.25, 0.3) is 0 Å². The molecular formula is C13H27ClN2O. The molecule has 4 heteroatoms. The average molecular weight is 263 g/mol. The van der Waals surface area contributed by atoms with Crippen LogP contribution >= 0.6 is 12.4 Å². The third-order valence-corrected chi connectivity index (χ3v) is 4.15. The summed E-state index contributed by atoms with van der Waals surface area (Å²) in [6.45, 7) is 11.5. The first kappa shape index (κ1) is 15.2. The van der Waals surface area contributed by atoms with Crippen LogP contribution in [0.15, 0.2) is 0 Å². The van der Waals surface area contributed by atoms with Gasteiger partial charge in [-0.3, -0.25) is 4.90 Å². The Hall–Kier alpha value is 0.170. The van der Waals surface area contributed by atoms with Crippen LogP contribution in [0.25, 0.3) is 0 Å². The molecule has 0 amide bonds. The minimum Gasteiger partial charge on any atom is -0.373 e. The van der Waals surface area contributed by atoms with Crippen LogP contribution in [-0.2, 0) is 4.74 Å². The predicted molar refractivity (Wildman–Crippen MR) is 73.9 cm³/mol. The van der Waals surface area contributed by atoms with Gasteiger partial charge < -0.3 is 10.1 Å². The highest BCUT2D eigenvalue weighted by molar-refractivity contribution is 5.85. The molecule has 0 aromatic rings. The van der Waals surface area contributed by atoms with Gasteiger partial charge in [0.15, 0.2) is 0 Å². The highest BCUT2D eigenvalue weighted by Gasteiger charge is 2.30. The summed E-state index contributed by atoms with van der Waals surface area (Å²) >= 11 is 0. The largest absolute Gasteiger partial charge is 0.373 e. The zero-order chi connectivity index (χ0) is 11.5. The van der Waals surface area contributed by atoms with Crippen molar-refractivity contribution in [3.8, 4) is 0 Å². The maximum Gasteiger partial charge on any atom is 0.0703 e. The summed E-state index contributed by atoms with van der Waals surface area (Å²) in [5.74, 6) is 0.890. The Morgan fingerprint density at radius 1 is 1.18 bits per heavy atom. The number of morpholine rings is 1. The van der Waals surface area contributed by atoms with Crippen LogP contribution in [0.4, 0.5) is 0 Å². The van der Waals surface area contributed by atoms with E-state index in [-0.39, 0.29) is 12.4 Å². The van der Waals surface area contributed by atoms with Crippen LogP contribution in [0.3, 0.4) is 0 Å². The summed E-state index contributed by atoms with van der Waals surface area (Å²) in [6, 6.07) is 0.575. The fourth-order valence-electron chi connectivity index (χ4n) is 2.95. The van der Waals surface area contributed by atoms with Gasteiger partial charge in [-0.1, -0.05) is 0 Å². The fraction of sp³-hybridized carbons (Fsp3) is 1.00. The Balaban J connectivity index is 0.00000144. The van der Waals surface area contributed by atoms with Crippen LogP contribution in [0, 0.1) is 5.92 Å². The summed E-state index contributed by atoms with van der Waals surface area (Å²) in [5.41, 5.74) is 0. The van der Waals surface area contributed by atoms with Crippen LogP contribution in [0.1, 0.15) is 33.6 Å². The summed E-state index contributed by atoms with van der Waals surface area (Å²) < 4.78 is 5.86. The molecule has 0 saturated carbocycles. The first-order valence-corrected chi connectivity index (χ1v) is 6.77. The zero-order valence-electron chi connectivity index (χ0n) is 11.3. The second-order valence-corrected chi connectivity index (χ2v) is 5.54. The number of ether oxygens (including phenoxy) is 1. The Labute approximate surface area is 112 Å². The van der Waals surface area contributed by atoms with Gasteiger partial charge in [-0.15, -0.1) is 12.4 Å². The van der Waals surface area contributed by atoms with E-state index in [0.717, 1.165) is 12.5 Å². The smallest absolute Gasteiger partial charge is 0.0703 e. The quantitative estimate of drug-likeness (QED) is 0.823. The molecule has 2 heterocycles. The van der Waals surface area contributed by atoms with Gasteiger partial charge in [-0.2, -0.15) is 0 Å². The Bertz CT molecular complexity index is 221. The average Bonchev–Trinajstić information content (AvgIpc) is 2.27. The number of piperidine rings is 1. The molecule has 0 spiro atoms. The number of nitrogens with zero attached hydrogens (tertiary/aromatic N) is 1. The number of halogens is 1. The van der Waals surface area contributed by atoms with E-state index in [2.05, 4.69) is 31.0 Å². The molecule has 0 aromatic heterocycles. The molecule has 0 radical (unpaired) electrons. The maximum absolute atomic E-state index is 5.86. The van der Waals surface area contributed by atoms with Crippen LogP contribution < -0.4 is 5.32 Å². The van der Waals surface area contributed by atoms with E-state index in [1.54, 1.807) is 0 Å². The molecule has 3 unspecified atom stereocenters. The van der Waals surface area contributed by atoms with E-state index in [1.165, 1.54) is 32.5 Å². The summed E-state index contributed by atoms with van der Waals surface area (Å²) in [4.78, 5) is 2.63. The SMILES string of the molecule is CC1CN(CC2CCNCC2)C(C)C(C)O1.Cl. The van der Waals surface area contributed by atoms with Crippen molar-refractivity contribution in [1.82, 2.24) is 10.2 Å². The summed E-state index contributed by atoms with van der Waals surface area (Å²) in [7, 11) is 0. The second-order valence-electron chi connectivity index (χ2n) is 5.54. The lowest BCUT2D eigenvalue weighted by molar-refractivity contribution is -0.103. The van der Waals surface area contributed by atoms with Gasteiger partial charge in [0.05, 0.1) is 12.2 Å². The minimum atomic E-state index is 0. The van der Waals surface area contributed by atoms with E-state index in [0.29, 0.717) is 18.2 Å². The lowest BCUT2D eigenvalue weighted by Crippen LogP contribution is -2.53. The van der Waals surface area contributed by atoms with E-state index in [9.17, 15) is 0 Å². The van der Waals surface area contributed by atoms with Crippen LogP contribution in [-0.4, -0.2) is 49.3 Å². The molecule has 2 saturated heterocycles. The van der Waals surface area contributed by atoms with E-state index >= 15 is 0 Å². The van der Waals surface area contributed by atoms with Crippen molar-refractivity contribution < 1.29 is 4.74 Å². The highest BCUT2D eigenvalue weighted by Crippen LogP contribution is 2.21. The Kier molecular flexibility index (Phi) is 6.21. The maximum atomic E-state index is 5.86. The minimum absolute atomic E-state index is 0. The zero-order valence-corrected chi connectivity index (χ0v) is 12.1. The van der Waals surface area contributed by atoms with Crippen molar-refractivity contribution in [2.45, 2.75) is 51.9 Å². The molecule has 2 aliphatic rings. The fourth-order valence-corrected chi connectivity index (χ4v) is 2.95. The molecule has 17 heavy (non-hydrogen) atoms. The molecule has 102 valence electrons. The predicted octanol–water partition coefficient (Wildman–Crippen LogP) is 1.91. The third kappa shape index (κ3) is 4.09. The molecule has 1 N–H and O–H groups in total. The van der Waals surface area contributed by atoms with Crippen molar-refractivity contribution >= 4 is 12.4 Å². The number of nitrogens with one attached hydrogen (secondary N) is 1. The molecule has 0 aromatic carbocycles. The van der Waals surface area contributed by atoms with Gasteiger partial charge in [0, 0.05) is 19.1 Å². The van der Waals surface area contributed by atoms with Gasteiger partial charge in [-0.25, -0.2) is 0 Å². The molecule has 0 aliphatic carbocycles. The number of rotatable bonds is 2. The van der Waals surface area contributed by atoms with Gasteiger partial charge in [0.2, 0.25) is 0 Å². The topological polar surface area (TPSA) is 24.5 Å². The second kappa shape index (κ2) is 6.93. The molecule has 2 fully saturated rings. The monoisotopic (exact) mass is 262 g/mol. The van der Waals surface area contributed by atoms with Crippen LogP contribution in [0.2, 0.25) is 0 Å². The first-order valence-electron chi connectivity index (χ1n) is 6.77. The van der Waals surface area contributed by atoms with Gasteiger partial charge in [-0.05, 0) is 52.6 Å². The molecule has 2 aliphatic heterocycles. The Morgan fingerprint density at radius 3 is 2.47 bits per heavy atom. The summed E-state index contributed by atoms with van der Waals surface area (Å²) in [6.07, 6.45) is 3.46. The van der Waals surface area contributed by atoms with Crippen molar-refractivity contribution in [3.05, 3.63) is 0 Å². The van der Waals surface area contributed by atoms with Gasteiger partial charge in [0.1, 0.15) is 0 Å². The first-order chi connectivity index (χ1) is 7.66. The molecule has 2 rings (SSSR count). The van der Waals surface area contributed by atoms with E-state index < -0.39 is 0 Å². The molecule has 3 nitrogen and oxygen atoms in total. The van der Waals surface area contributed by atoms with Gasteiger partial charge >= 0.3 is 0 Å².